The van der Waals surface area contributed by atoms with Crippen LogP contribution in [0.5, 0.6) is 0 Å². The first-order chi connectivity index (χ1) is 12.3. The average Bonchev–Trinajstić information content (AvgIpc) is 3.23. The first-order valence-corrected chi connectivity index (χ1v) is 9.69. The summed E-state index contributed by atoms with van der Waals surface area (Å²) in [6, 6.07) is 10.5. The summed E-state index contributed by atoms with van der Waals surface area (Å²) in [5.41, 5.74) is 2.42. The average molecular weight is 374 g/mol. The van der Waals surface area contributed by atoms with Gasteiger partial charge in [0, 0.05) is 30.4 Å². The van der Waals surface area contributed by atoms with Gasteiger partial charge in [-0.25, -0.2) is 4.98 Å². The van der Waals surface area contributed by atoms with E-state index in [0.29, 0.717) is 0 Å². The van der Waals surface area contributed by atoms with Gasteiger partial charge in [0.2, 0.25) is 0 Å². The first-order valence-electron chi connectivity index (χ1n) is 7.82. The van der Waals surface area contributed by atoms with Gasteiger partial charge in [-0.1, -0.05) is 42.1 Å². The van der Waals surface area contributed by atoms with Crippen molar-refractivity contribution in [2.45, 2.75) is 17.2 Å². The predicted molar refractivity (Wildman–Crippen MR) is 102 cm³/mol. The summed E-state index contributed by atoms with van der Waals surface area (Å²) in [5, 5.41) is 13.4. The van der Waals surface area contributed by atoms with E-state index in [1.54, 1.807) is 23.1 Å². The SMILES string of the molecule is O=CO.c1ccc(CSc2nc3sccn3c2C2=NCCCN2)cc1. The van der Waals surface area contributed by atoms with Crippen molar-refractivity contribution < 1.29 is 9.90 Å². The molecule has 2 N–H and O–H groups in total. The molecule has 0 bridgehead atoms. The minimum Gasteiger partial charge on any atom is -0.483 e. The summed E-state index contributed by atoms with van der Waals surface area (Å²) in [6.07, 6.45) is 3.18. The molecule has 0 saturated carbocycles. The molecule has 0 saturated heterocycles. The molecule has 0 aliphatic carbocycles. The standard InChI is InChI=1S/C16H16N4S2.CH2O2/c1-2-5-12(6-3-1)11-22-15-13(14-17-7-4-8-18-14)20-9-10-21-16(20)19-15;2-1-3/h1-3,5-6,9-10H,4,7-8,11H2,(H,17,18);1H,(H,2,3). The number of aliphatic imine (C=N–C) groups is 1. The number of thioether (sulfide) groups is 1. The van der Waals surface area contributed by atoms with Crippen molar-refractivity contribution in [2.75, 3.05) is 13.1 Å². The summed E-state index contributed by atoms with van der Waals surface area (Å²) < 4.78 is 2.15. The van der Waals surface area contributed by atoms with E-state index in [4.69, 9.17) is 14.9 Å². The van der Waals surface area contributed by atoms with Gasteiger partial charge in [-0.3, -0.25) is 14.2 Å². The van der Waals surface area contributed by atoms with E-state index in [1.165, 1.54) is 5.56 Å². The molecular formula is C17H18N4O2S2. The molecule has 2 aromatic heterocycles. The quantitative estimate of drug-likeness (QED) is 0.542. The zero-order valence-corrected chi connectivity index (χ0v) is 15.1. The van der Waals surface area contributed by atoms with Crippen LogP contribution in [0.15, 0.2) is 51.9 Å². The van der Waals surface area contributed by atoms with Gasteiger partial charge in [0.1, 0.15) is 16.6 Å². The number of carboxylic acid groups (broad SMARTS) is 1. The molecule has 0 amide bonds. The number of hydrogen-bond acceptors (Lipinski definition) is 6. The molecule has 4 rings (SSSR count). The highest BCUT2D eigenvalue weighted by atomic mass is 32.2. The van der Waals surface area contributed by atoms with Gasteiger partial charge in [-0.2, -0.15) is 0 Å². The topological polar surface area (TPSA) is 79.0 Å². The molecule has 0 radical (unpaired) electrons. The number of nitrogens with one attached hydrogen (secondary N) is 1. The zero-order valence-electron chi connectivity index (χ0n) is 13.5. The van der Waals surface area contributed by atoms with E-state index in [9.17, 15) is 0 Å². The first kappa shape index (κ1) is 17.5. The molecule has 1 aliphatic heterocycles. The fourth-order valence-electron chi connectivity index (χ4n) is 2.50. The summed E-state index contributed by atoms with van der Waals surface area (Å²) in [4.78, 5) is 18.8. The van der Waals surface area contributed by atoms with Crippen LogP contribution in [0.25, 0.3) is 4.96 Å². The lowest BCUT2D eigenvalue weighted by atomic mass is 10.2. The second-order valence-electron chi connectivity index (χ2n) is 5.21. The number of thiazole rings is 1. The van der Waals surface area contributed by atoms with Crippen molar-refractivity contribution in [3.8, 4) is 0 Å². The van der Waals surface area contributed by atoms with Gasteiger partial charge < -0.3 is 10.4 Å². The number of fused-ring (bicyclic) bond motifs is 1. The highest BCUT2D eigenvalue weighted by Gasteiger charge is 2.20. The Hall–Kier alpha value is -2.32. The zero-order chi connectivity index (χ0) is 17.5. The van der Waals surface area contributed by atoms with Gasteiger partial charge in [0.05, 0.1) is 0 Å². The Morgan fingerprint density at radius 1 is 1.36 bits per heavy atom. The minimum absolute atomic E-state index is 0.250. The predicted octanol–water partition coefficient (Wildman–Crippen LogP) is 3.13. The van der Waals surface area contributed by atoms with Crippen LogP contribution >= 0.6 is 23.1 Å². The van der Waals surface area contributed by atoms with Crippen molar-refractivity contribution in [1.82, 2.24) is 14.7 Å². The molecule has 0 unspecified atom stereocenters. The van der Waals surface area contributed by atoms with E-state index in [0.717, 1.165) is 46.8 Å². The van der Waals surface area contributed by atoms with Crippen molar-refractivity contribution in [2.24, 2.45) is 4.99 Å². The number of rotatable bonds is 4. The molecular weight excluding hydrogens is 356 g/mol. The molecule has 8 heteroatoms. The Morgan fingerprint density at radius 3 is 2.88 bits per heavy atom. The third-order valence-electron chi connectivity index (χ3n) is 3.57. The second kappa shape index (κ2) is 8.68. The molecule has 25 heavy (non-hydrogen) atoms. The third kappa shape index (κ3) is 4.21. The van der Waals surface area contributed by atoms with E-state index in [-0.39, 0.29) is 6.47 Å². The number of amidine groups is 1. The highest BCUT2D eigenvalue weighted by molar-refractivity contribution is 7.98. The van der Waals surface area contributed by atoms with Gasteiger partial charge >= 0.3 is 0 Å². The third-order valence-corrected chi connectivity index (χ3v) is 5.36. The van der Waals surface area contributed by atoms with Crippen molar-refractivity contribution >= 4 is 40.4 Å². The summed E-state index contributed by atoms with van der Waals surface area (Å²) in [6.45, 7) is 1.63. The Bertz CT molecular complexity index is 858. The molecule has 0 spiro atoms. The minimum atomic E-state index is -0.250. The fourth-order valence-corrected chi connectivity index (χ4v) is 4.25. The number of benzene rings is 1. The van der Waals surface area contributed by atoms with Crippen molar-refractivity contribution in [3.05, 3.63) is 53.2 Å². The monoisotopic (exact) mass is 374 g/mol. The van der Waals surface area contributed by atoms with Gasteiger partial charge in [0.15, 0.2) is 4.96 Å². The highest BCUT2D eigenvalue weighted by Crippen LogP contribution is 2.29. The summed E-state index contributed by atoms with van der Waals surface area (Å²) in [7, 11) is 0. The lowest BCUT2D eigenvalue weighted by Gasteiger charge is -2.15. The molecule has 130 valence electrons. The Kier molecular flexibility index (Phi) is 6.08. The molecule has 1 aliphatic rings. The van der Waals surface area contributed by atoms with E-state index in [2.05, 4.69) is 50.6 Å². The van der Waals surface area contributed by atoms with Crippen LogP contribution in [0.3, 0.4) is 0 Å². The van der Waals surface area contributed by atoms with E-state index >= 15 is 0 Å². The molecule has 3 heterocycles. The van der Waals surface area contributed by atoms with Crippen LogP contribution in [0, 0.1) is 0 Å². The number of carbonyl (C=O) groups is 1. The van der Waals surface area contributed by atoms with E-state index < -0.39 is 0 Å². The lowest BCUT2D eigenvalue weighted by molar-refractivity contribution is -0.122. The molecule has 0 atom stereocenters. The maximum Gasteiger partial charge on any atom is 0.290 e. The summed E-state index contributed by atoms with van der Waals surface area (Å²) >= 11 is 3.44. The number of hydrogen-bond donors (Lipinski definition) is 2. The normalized spacial score (nSPS) is 13.5. The Morgan fingerprint density at radius 2 is 2.16 bits per heavy atom. The maximum absolute atomic E-state index is 8.36. The van der Waals surface area contributed by atoms with Crippen LogP contribution in [0.2, 0.25) is 0 Å². The van der Waals surface area contributed by atoms with Crippen LogP contribution in [-0.2, 0) is 10.5 Å². The largest absolute Gasteiger partial charge is 0.483 e. The Labute approximate surface area is 153 Å². The van der Waals surface area contributed by atoms with Crippen molar-refractivity contribution in [3.63, 3.8) is 0 Å². The fraction of sp³-hybridized carbons (Fsp3) is 0.235. The van der Waals surface area contributed by atoms with Crippen LogP contribution < -0.4 is 5.32 Å². The van der Waals surface area contributed by atoms with Crippen molar-refractivity contribution in [1.29, 1.82) is 0 Å². The van der Waals surface area contributed by atoms with Crippen LogP contribution in [0.1, 0.15) is 17.7 Å². The smallest absolute Gasteiger partial charge is 0.290 e. The van der Waals surface area contributed by atoms with Crippen LogP contribution in [0.4, 0.5) is 0 Å². The van der Waals surface area contributed by atoms with Gasteiger partial charge in [-0.15, -0.1) is 11.3 Å². The maximum atomic E-state index is 8.36. The second-order valence-corrected chi connectivity index (χ2v) is 7.05. The number of imidazole rings is 1. The molecule has 3 aromatic rings. The van der Waals surface area contributed by atoms with Gasteiger partial charge in [0.25, 0.3) is 6.47 Å². The molecule has 0 fully saturated rings. The number of nitrogens with zero attached hydrogens (tertiary/aromatic N) is 3. The lowest BCUT2D eigenvalue weighted by Crippen LogP contribution is -2.31. The molecule has 1 aromatic carbocycles. The summed E-state index contributed by atoms with van der Waals surface area (Å²) in [5.74, 6) is 1.90. The van der Waals surface area contributed by atoms with Gasteiger partial charge in [-0.05, 0) is 12.0 Å². The number of aromatic nitrogens is 2. The van der Waals surface area contributed by atoms with E-state index in [1.807, 2.05) is 6.07 Å². The Balaban J connectivity index is 0.000000569. The molecule has 6 nitrogen and oxygen atoms in total. The van der Waals surface area contributed by atoms with Crippen LogP contribution in [-0.4, -0.2) is 39.9 Å².